The van der Waals surface area contributed by atoms with Crippen LogP contribution in [0.15, 0.2) is 48.6 Å². The molecule has 0 atom stereocenters. The zero-order valence-electron chi connectivity index (χ0n) is 36.3. The van der Waals surface area contributed by atoms with Crippen molar-refractivity contribution in [3.8, 4) is 0 Å². The van der Waals surface area contributed by atoms with Crippen LogP contribution in [0.2, 0.25) is 0 Å². The second-order valence-electron chi connectivity index (χ2n) is 15.6. The lowest BCUT2D eigenvalue weighted by molar-refractivity contribution is 0.147. The molecule has 0 aromatic heterocycles. The first kappa shape index (κ1) is 52.0. The highest BCUT2D eigenvalue weighted by atomic mass is 31.2. The van der Waals surface area contributed by atoms with Gasteiger partial charge >= 0.3 is 7.75 Å². The minimum atomic E-state index is -3.36. The summed E-state index contributed by atoms with van der Waals surface area (Å²) >= 11 is 0. The summed E-state index contributed by atoms with van der Waals surface area (Å²) in [5.41, 5.74) is 0. The molecule has 0 aromatic rings. The molecule has 0 N–H and O–H groups in total. The largest absolute Gasteiger partial charge is 0.408 e. The van der Waals surface area contributed by atoms with Crippen molar-refractivity contribution in [3.05, 3.63) is 48.6 Å². The standard InChI is InChI=1S/C46H90N3O3P/c1-7-9-11-13-15-17-19-21-23-25-27-29-31-33-35-37-45-51-53(50,49(43-39-41-47(3)4)44-40-42-48(5)6)52-46-38-36-34-32-30-28-26-24-22-20-18-16-14-12-10-8-2/h15-18,21-24H,7-14,19-20,25-46H2,1-6H3/b17-15-,18-16-,23-21-,24-22-. The van der Waals surface area contributed by atoms with Gasteiger partial charge in [0.05, 0.1) is 13.2 Å². The smallest absolute Gasteiger partial charge is 0.309 e. The van der Waals surface area contributed by atoms with E-state index in [-0.39, 0.29) is 0 Å². The Balaban J connectivity index is 4.56. The predicted molar refractivity (Wildman–Crippen MR) is 236 cm³/mol. The van der Waals surface area contributed by atoms with Crippen LogP contribution in [0.1, 0.15) is 181 Å². The van der Waals surface area contributed by atoms with Crippen molar-refractivity contribution in [2.75, 3.05) is 67.6 Å². The molecule has 0 aliphatic rings. The molecule has 0 spiro atoms. The molecule has 0 rings (SSSR count). The molecule has 0 fully saturated rings. The average Bonchev–Trinajstić information content (AvgIpc) is 3.13. The van der Waals surface area contributed by atoms with Gasteiger partial charge in [-0.2, -0.15) is 0 Å². The summed E-state index contributed by atoms with van der Waals surface area (Å²) in [6.07, 6.45) is 49.5. The van der Waals surface area contributed by atoms with E-state index in [1.807, 2.05) is 4.67 Å². The van der Waals surface area contributed by atoms with E-state index in [4.69, 9.17) is 9.05 Å². The van der Waals surface area contributed by atoms with Gasteiger partial charge in [0.15, 0.2) is 0 Å². The first-order valence-electron chi connectivity index (χ1n) is 22.4. The first-order valence-corrected chi connectivity index (χ1v) is 23.9. The van der Waals surface area contributed by atoms with Gasteiger partial charge in [-0.05, 0) is 131 Å². The topological polar surface area (TPSA) is 45.3 Å². The van der Waals surface area contributed by atoms with Crippen LogP contribution < -0.4 is 0 Å². The van der Waals surface area contributed by atoms with E-state index < -0.39 is 7.75 Å². The molecule has 0 radical (unpaired) electrons. The maximum Gasteiger partial charge on any atom is 0.408 e. The molecular formula is C46H90N3O3P. The van der Waals surface area contributed by atoms with Crippen molar-refractivity contribution in [2.45, 2.75) is 181 Å². The molecule has 0 saturated carbocycles. The second-order valence-corrected chi connectivity index (χ2v) is 17.6. The Morgan fingerprint density at radius 1 is 0.396 bits per heavy atom. The zero-order chi connectivity index (χ0) is 38.9. The van der Waals surface area contributed by atoms with E-state index >= 15 is 0 Å². The Kier molecular flexibility index (Phi) is 39.9. The average molecular weight is 764 g/mol. The second kappa shape index (κ2) is 40.6. The number of nitrogens with zero attached hydrogens (tertiary/aromatic N) is 3. The van der Waals surface area contributed by atoms with Gasteiger partial charge in [0.1, 0.15) is 0 Å². The molecule has 0 aromatic carbocycles. The van der Waals surface area contributed by atoms with E-state index in [9.17, 15) is 4.57 Å². The lowest BCUT2D eigenvalue weighted by Crippen LogP contribution is -2.30. The molecule has 0 aliphatic heterocycles. The SMILES string of the molecule is CCCCC/C=C\C/C=C\CCCCCCCCOP(=O)(OCCCCCCCC/C=C\C/C=C\CCCCC)N(CCCN(C)C)CCCN(C)C. The molecular weight excluding hydrogens is 673 g/mol. The molecule has 0 amide bonds. The van der Waals surface area contributed by atoms with Gasteiger partial charge in [-0.3, -0.25) is 9.05 Å². The van der Waals surface area contributed by atoms with Crippen LogP contribution in [-0.2, 0) is 13.6 Å². The van der Waals surface area contributed by atoms with Crippen LogP contribution in [0.4, 0.5) is 0 Å². The highest BCUT2D eigenvalue weighted by molar-refractivity contribution is 7.51. The summed E-state index contributed by atoms with van der Waals surface area (Å²) in [5.74, 6) is 0. The molecule has 312 valence electrons. The van der Waals surface area contributed by atoms with Crippen molar-refractivity contribution >= 4 is 7.75 Å². The summed E-state index contributed by atoms with van der Waals surface area (Å²) < 4.78 is 29.0. The van der Waals surface area contributed by atoms with Crippen molar-refractivity contribution in [1.82, 2.24) is 14.5 Å². The van der Waals surface area contributed by atoms with Gasteiger partial charge in [-0.15, -0.1) is 0 Å². The monoisotopic (exact) mass is 764 g/mol. The summed E-state index contributed by atoms with van der Waals surface area (Å²) in [7, 11) is 5.03. The Hall–Kier alpha value is -1.01. The molecule has 0 bridgehead atoms. The van der Waals surface area contributed by atoms with Gasteiger partial charge in [-0.1, -0.05) is 140 Å². The molecule has 0 aliphatic carbocycles. The molecule has 53 heavy (non-hydrogen) atoms. The van der Waals surface area contributed by atoms with Crippen LogP contribution in [0.5, 0.6) is 0 Å². The number of rotatable bonds is 41. The quantitative estimate of drug-likeness (QED) is 0.0351. The van der Waals surface area contributed by atoms with Gasteiger partial charge < -0.3 is 9.80 Å². The molecule has 7 heteroatoms. The molecule has 0 saturated heterocycles. The minimum absolute atomic E-state index is 0.507. The minimum Gasteiger partial charge on any atom is -0.309 e. The third-order valence-electron chi connectivity index (χ3n) is 9.59. The zero-order valence-corrected chi connectivity index (χ0v) is 37.2. The first-order chi connectivity index (χ1) is 25.9. The van der Waals surface area contributed by atoms with Gasteiger partial charge in [-0.25, -0.2) is 9.24 Å². The number of allylic oxidation sites excluding steroid dienone is 8. The van der Waals surface area contributed by atoms with Gasteiger partial charge in [0.25, 0.3) is 0 Å². The van der Waals surface area contributed by atoms with E-state index in [1.54, 1.807) is 0 Å². The molecule has 0 heterocycles. The van der Waals surface area contributed by atoms with Crippen LogP contribution in [0.25, 0.3) is 0 Å². The summed E-state index contributed by atoms with van der Waals surface area (Å²) in [5, 5.41) is 0. The highest BCUT2D eigenvalue weighted by Crippen LogP contribution is 2.52. The Labute approximate surface area is 331 Å². The predicted octanol–water partition coefficient (Wildman–Crippen LogP) is 14.0. The van der Waals surface area contributed by atoms with E-state index in [0.717, 1.165) is 77.5 Å². The third-order valence-corrected chi connectivity index (χ3v) is 11.7. The van der Waals surface area contributed by atoms with Crippen LogP contribution >= 0.6 is 7.75 Å². The maximum absolute atomic E-state index is 14.4. The van der Waals surface area contributed by atoms with Gasteiger partial charge in [0, 0.05) is 13.1 Å². The lowest BCUT2D eigenvalue weighted by atomic mass is 10.1. The fraction of sp³-hybridized carbons (Fsp3) is 0.826. The van der Waals surface area contributed by atoms with E-state index in [2.05, 4.69) is 100 Å². The number of unbranched alkanes of at least 4 members (excludes halogenated alkanes) is 18. The van der Waals surface area contributed by atoms with E-state index in [1.165, 1.54) is 116 Å². The van der Waals surface area contributed by atoms with Crippen molar-refractivity contribution in [2.24, 2.45) is 0 Å². The normalized spacial score (nSPS) is 12.9. The molecule has 6 nitrogen and oxygen atoms in total. The van der Waals surface area contributed by atoms with Crippen LogP contribution in [-0.4, -0.2) is 82.1 Å². The Bertz CT molecular complexity index is 850. The lowest BCUT2D eigenvalue weighted by Gasteiger charge is -2.31. The summed E-state index contributed by atoms with van der Waals surface area (Å²) in [4.78, 5) is 4.39. The summed E-state index contributed by atoms with van der Waals surface area (Å²) in [6.45, 7) is 8.92. The Morgan fingerprint density at radius 3 is 1.06 bits per heavy atom. The summed E-state index contributed by atoms with van der Waals surface area (Å²) in [6, 6.07) is 0. The van der Waals surface area contributed by atoms with E-state index in [0.29, 0.717) is 13.2 Å². The van der Waals surface area contributed by atoms with Crippen molar-refractivity contribution in [1.29, 1.82) is 0 Å². The van der Waals surface area contributed by atoms with Crippen LogP contribution in [0.3, 0.4) is 0 Å². The fourth-order valence-corrected chi connectivity index (χ4v) is 8.13. The number of hydrogen-bond donors (Lipinski definition) is 0. The van der Waals surface area contributed by atoms with Gasteiger partial charge in [0.2, 0.25) is 0 Å². The number of hydrogen-bond acceptors (Lipinski definition) is 5. The maximum atomic E-state index is 14.4. The Morgan fingerprint density at radius 2 is 0.717 bits per heavy atom. The van der Waals surface area contributed by atoms with Crippen LogP contribution in [0, 0.1) is 0 Å². The fourth-order valence-electron chi connectivity index (χ4n) is 6.24. The van der Waals surface area contributed by atoms with Crippen molar-refractivity contribution < 1.29 is 13.6 Å². The highest BCUT2D eigenvalue weighted by Gasteiger charge is 2.33. The third kappa shape index (κ3) is 37.7. The molecule has 0 unspecified atom stereocenters. The van der Waals surface area contributed by atoms with Crippen molar-refractivity contribution in [3.63, 3.8) is 0 Å².